The number of benzene rings is 2. The molecule has 3 aromatic rings. The quantitative estimate of drug-likeness (QED) is 0.353. The van der Waals surface area contributed by atoms with Crippen molar-refractivity contribution < 1.29 is 23.8 Å². The Balaban J connectivity index is 1.80. The summed E-state index contributed by atoms with van der Waals surface area (Å²) in [4.78, 5) is 43.4. The first kappa shape index (κ1) is 28.5. The van der Waals surface area contributed by atoms with E-state index in [0.29, 0.717) is 36.7 Å². The first-order valence-corrected chi connectivity index (χ1v) is 14.0. The van der Waals surface area contributed by atoms with Crippen LogP contribution in [0, 0.1) is 0 Å². The summed E-state index contributed by atoms with van der Waals surface area (Å²) in [5.74, 6) is -0.159. The molecule has 4 rings (SSSR count). The van der Waals surface area contributed by atoms with Crippen molar-refractivity contribution in [3.8, 4) is 5.75 Å². The predicted molar refractivity (Wildman–Crippen MR) is 153 cm³/mol. The van der Waals surface area contributed by atoms with Crippen molar-refractivity contribution in [1.82, 2.24) is 4.57 Å². The van der Waals surface area contributed by atoms with Crippen LogP contribution in [0.2, 0.25) is 0 Å². The van der Waals surface area contributed by atoms with Gasteiger partial charge in [0, 0.05) is 0 Å². The number of fused-ring (bicyclic) bond motifs is 1. The first-order chi connectivity index (χ1) is 18.6. The first-order valence-electron chi connectivity index (χ1n) is 12.4. The lowest BCUT2D eigenvalue weighted by Crippen LogP contribution is -2.39. The number of nitrogens with zero attached hydrogens (tertiary/aromatic N) is 2. The molecule has 0 fully saturated rings. The molecule has 1 aliphatic rings. The summed E-state index contributed by atoms with van der Waals surface area (Å²) >= 11 is 4.71. The average molecular weight is 614 g/mol. The van der Waals surface area contributed by atoms with Gasteiger partial charge >= 0.3 is 11.9 Å². The second-order valence-electron chi connectivity index (χ2n) is 9.18. The van der Waals surface area contributed by atoms with Gasteiger partial charge in [0.2, 0.25) is 0 Å². The van der Waals surface area contributed by atoms with E-state index in [1.54, 1.807) is 42.7 Å². The lowest BCUT2D eigenvalue weighted by Gasteiger charge is -2.25. The number of hydrogen-bond donors (Lipinski definition) is 0. The van der Waals surface area contributed by atoms with E-state index in [4.69, 9.17) is 9.47 Å². The summed E-state index contributed by atoms with van der Waals surface area (Å²) in [6.45, 7) is 7.74. The summed E-state index contributed by atoms with van der Waals surface area (Å²) in [5, 5.41) is 0. The molecule has 2 aromatic carbocycles. The number of rotatable bonds is 8. The van der Waals surface area contributed by atoms with Gasteiger partial charge in [-0.05, 0) is 70.6 Å². The fourth-order valence-corrected chi connectivity index (χ4v) is 5.80. The van der Waals surface area contributed by atoms with E-state index in [-0.39, 0.29) is 18.8 Å². The van der Waals surface area contributed by atoms with Gasteiger partial charge in [-0.1, -0.05) is 55.5 Å². The van der Waals surface area contributed by atoms with Gasteiger partial charge in [-0.25, -0.2) is 14.6 Å². The summed E-state index contributed by atoms with van der Waals surface area (Å²) in [7, 11) is 1.29. The molecular weight excluding hydrogens is 584 g/mol. The van der Waals surface area contributed by atoms with Gasteiger partial charge in [-0.3, -0.25) is 9.36 Å². The van der Waals surface area contributed by atoms with Crippen LogP contribution in [-0.2, 0) is 19.1 Å². The highest BCUT2D eigenvalue weighted by Crippen LogP contribution is 2.32. The zero-order valence-corrected chi connectivity index (χ0v) is 24.7. The molecule has 204 valence electrons. The number of ether oxygens (including phenoxy) is 3. The molecule has 0 aliphatic carbocycles. The Labute approximate surface area is 238 Å². The van der Waals surface area contributed by atoms with Crippen LogP contribution in [0.15, 0.2) is 68.0 Å². The van der Waals surface area contributed by atoms with Gasteiger partial charge in [0.25, 0.3) is 5.56 Å². The number of halogens is 1. The number of thiazole rings is 1. The summed E-state index contributed by atoms with van der Waals surface area (Å²) in [6.07, 6.45) is 1.76. The zero-order chi connectivity index (χ0) is 28.3. The van der Waals surface area contributed by atoms with Crippen molar-refractivity contribution in [2.24, 2.45) is 4.99 Å². The molecule has 0 bridgehead atoms. The van der Waals surface area contributed by atoms with E-state index >= 15 is 0 Å². The van der Waals surface area contributed by atoms with Crippen molar-refractivity contribution in [1.29, 1.82) is 0 Å². The third-order valence-corrected chi connectivity index (χ3v) is 7.87. The topological polar surface area (TPSA) is 96.2 Å². The van der Waals surface area contributed by atoms with Crippen LogP contribution >= 0.6 is 27.3 Å². The standard InChI is InChI=1S/C29H29BrN2O6S/c1-6-37-28(35)25-17(4)31-29-32(26(25)20-10-8-19(9-11-20)16(2)3)27(34)23(39-29)14-18-7-12-22(21(30)13-18)38-15-24(33)36-5/h7-14,16,26H,6,15H2,1-5H3/t26-/m0/s1. The smallest absolute Gasteiger partial charge is 0.343 e. The summed E-state index contributed by atoms with van der Waals surface area (Å²) < 4.78 is 18.1. The number of aromatic nitrogens is 1. The fourth-order valence-electron chi connectivity index (χ4n) is 4.24. The maximum atomic E-state index is 13.8. The third-order valence-electron chi connectivity index (χ3n) is 6.26. The molecule has 8 nitrogen and oxygen atoms in total. The molecule has 0 saturated heterocycles. The number of esters is 2. The Morgan fingerprint density at radius 3 is 2.51 bits per heavy atom. The predicted octanol–water partition coefficient (Wildman–Crippen LogP) is 4.24. The minimum Gasteiger partial charge on any atom is -0.481 e. The van der Waals surface area contributed by atoms with E-state index in [1.807, 2.05) is 24.3 Å². The molecule has 0 spiro atoms. The van der Waals surface area contributed by atoms with Crippen LogP contribution < -0.4 is 19.6 Å². The van der Waals surface area contributed by atoms with Crippen LogP contribution in [0.1, 0.15) is 56.3 Å². The summed E-state index contributed by atoms with van der Waals surface area (Å²) in [6, 6.07) is 12.6. The van der Waals surface area contributed by atoms with E-state index in [9.17, 15) is 14.4 Å². The van der Waals surface area contributed by atoms with Crippen LogP contribution in [-0.4, -0.2) is 36.8 Å². The van der Waals surface area contributed by atoms with Crippen LogP contribution in [0.3, 0.4) is 0 Å². The van der Waals surface area contributed by atoms with Crippen molar-refractivity contribution in [3.63, 3.8) is 0 Å². The number of carbonyl (C=O) groups excluding carboxylic acids is 2. The highest BCUT2D eigenvalue weighted by atomic mass is 79.9. The zero-order valence-electron chi connectivity index (χ0n) is 22.3. The highest BCUT2D eigenvalue weighted by molar-refractivity contribution is 9.10. The Bertz CT molecular complexity index is 1620. The second-order valence-corrected chi connectivity index (χ2v) is 11.0. The van der Waals surface area contributed by atoms with Crippen molar-refractivity contribution in [3.05, 3.63) is 94.6 Å². The van der Waals surface area contributed by atoms with Crippen molar-refractivity contribution in [2.75, 3.05) is 20.3 Å². The molecule has 0 amide bonds. The minimum absolute atomic E-state index is 0.215. The van der Waals surface area contributed by atoms with Crippen LogP contribution in [0.25, 0.3) is 6.08 Å². The normalized spacial score (nSPS) is 15.2. The number of hydrogen-bond acceptors (Lipinski definition) is 8. The maximum absolute atomic E-state index is 13.8. The maximum Gasteiger partial charge on any atom is 0.343 e. The van der Waals surface area contributed by atoms with Crippen molar-refractivity contribution in [2.45, 2.75) is 39.7 Å². The van der Waals surface area contributed by atoms with Crippen molar-refractivity contribution >= 4 is 45.3 Å². The Morgan fingerprint density at radius 1 is 1.18 bits per heavy atom. The van der Waals surface area contributed by atoms with Crippen LogP contribution in [0.5, 0.6) is 5.75 Å². The summed E-state index contributed by atoms with van der Waals surface area (Å²) in [5.41, 5.74) is 3.33. The average Bonchev–Trinajstić information content (AvgIpc) is 3.21. The largest absolute Gasteiger partial charge is 0.481 e. The molecule has 2 heterocycles. The Morgan fingerprint density at radius 2 is 1.90 bits per heavy atom. The Hall–Kier alpha value is -3.50. The molecule has 1 aromatic heterocycles. The monoisotopic (exact) mass is 612 g/mol. The SMILES string of the molecule is CCOC(=O)C1=C(C)N=c2sc(=Cc3ccc(OCC(=O)OC)c(Br)c3)c(=O)n2[C@H]1c1ccc(C(C)C)cc1. The molecule has 0 N–H and O–H groups in total. The molecule has 0 saturated carbocycles. The highest BCUT2D eigenvalue weighted by Gasteiger charge is 2.33. The molecule has 10 heteroatoms. The third kappa shape index (κ3) is 6.07. The molecule has 1 atom stereocenters. The second kappa shape index (κ2) is 12.1. The van der Waals surface area contributed by atoms with Gasteiger partial charge in [-0.15, -0.1) is 0 Å². The van der Waals surface area contributed by atoms with E-state index in [2.05, 4.69) is 39.5 Å². The number of methoxy groups -OCH3 is 1. The van der Waals surface area contributed by atoms with Gasteiger partial charge in [0.1, 0.15) is 5.75 Å². The molecule has 1 aliphatic heterocycles. The van der Waals surface area contributed by atoms with Gasteiger partial charge in [0.15, 0.2) is 11.4 Å². The lowest BCUT2D eigenvalue weighted by atomic mass is 9.93. The minimum atomic E-state index is -0.663. The van der Waals surface area contributed by atoms with E-state index in [1.165, 1.54) is 18.4 Å². The van der Waals surface area contributed by atoms with E-state index < -0.39 is 18.0 Å². The number of carbonyl (C=O) groups is 2. The Kier molecular flexibility index (Phi) is 8.87. The molecule has 0 unspecified atom stereocenters. The molecule has 0 radical (unpaired) electrons. The number of allylic oxidation sites excluding steroid dienone is 1. The van der Waals surface area contributed by atoms with Gasteiger partial charge in [-0.2, -0.15) is 0 Å². The molecule has 39 heavy (non-hydrogen) atoms. The fraction of sp³-hybridized carbons (Fsp3) is 0.310. The van der Waals surface area contributed by atoms with Crippen LogP contribution in [0.4, 0.5) is 0 Å². The lowest BCUT2D eigenvalue weighted by molar-refractivity contribution is -0.143. The van der Waals surface area contributed by atoms with Gasteiger partial charge < -0.3 is 14.2 Å². The van der Waals surface area contributed by atoms with Gasteiger partial charge in [0.05, 0.1) is 40.0 Å². The van der Waals surface area contributed by atoms with E-state index in [0.717, 1.165) is 16.7 Å². The molecular formula is C29H29BrN2O6S.